The molecule has 3 unspecified atom stereocenters. The van der Waals surface area contributed by atoms with Crippen LogP contribution in [0.1, 0.15) is 91.2 Å². The van der Waals surface area contributed by atoms with Gasteiger partial charge in [-0.2, -0.15) is 0 Å². The summed E-state index contributed by atoms with van der Waals surface area (Å²) in [6, 6.07) is 6.69. The topological polar surface area (TPSA) is 12.4 Å². The molecule has 0 bridgehead atoms. The summed E-state index contributed by atoms with van der Waals surface area (Å²) in [5.41, 5.74) is 4.41. The van der Waals surface area contributed by atoms with Crippen LogP contribution in [0.5, 0.6) is 0 Å². The monoisotopic (exact) mass is 327 g/mol. The van der Waals surface area contributed by atoms with Crippen molar-refractivity contribution in [3.63, 3.8) is 0 Å². The minimum atomic E-state index is 0.412. The van der Waals surface area contributed by atoms with E-state index in [0.717, 1.165) is 11.8 Å². The van der Waals surface area contributed by atoms with Gasteiger partial charge >= 0.3 is 0 Å². The van der Waals surface area contributed by atoms with Crippen molar-refractivity contribution in [1.82, 2.24) is 0 Å². The van der Waals surface area contributed by atoms with Crippen LogP contribution in [0, 0.1) is 23.2 Å². The minimum Gasteiger partial charge on any atom is -0.260 e. The van der Waals surface area contributed by atoms with Crippen molar-refractivity contribution in [3.05, 3.63) is 29.3 Å². The molecule has 1 aliphatic rings. The summed E-state index contributed by atoms with van der Waals surface area (Å²) in [5.74, 6) is 3.20. The van der Waals surface area contributed by atoms with Gasteiger partial charge in [-0.15, -0.1) is 0 Å². The van der Waals surface area contributed by atoms with E-state index in [1.165, 1.54) is 29.7 Å². The predicted molar refractivity (Wildman–Crippen MR) is 108 cm³/mol. The van der Waals surface area contributed by atoms with Crippen LogP contribution in [-0.2, 0) is 0 Å². The molecule has 0 amide bonds. The van der Waals surface area contributed by atoms with Crippen LogP contribution in [0.3, 0.4) is 0 Å². The molecule has 3 atom stereocenters. The van der Waals surface area contributed by atoms with Gasteiger partial charge in [-0.3, -0.25) is 4.99 Å². The van der Waals surface area contributed by atoms with Gasteiger partial charge in [0.25, 0.3) is 0 Å². The summed E-state index contributed by atoms with van der Waals surface area (Å²) < 4.78 is 0. The Morgan fingerprint density at radius 1 is 1.00 bits per heavy atom. The standard InChI is InChI=1S/C23H37N/c1-15(2)20-10-9-11-21(16(3)4)22(20)24-14-18-13-19(12-17(18)5)23(6,7)8/h9-11,14-19H,12-13H2,1-8H3. The van der Waals surface area contributed by atoms with E-state index in [2.05, 4.69) is 79.8 Å². The van der Waals surface area contributed by atoms with E-state index in [9.17, 15) is 0 Å². The number of benzene rings is 1. The van der Waals surface area contributed by atoms with Crippen LogP contribution in [0.4, 0.5) is 5.69 Å². The average Bonchev–Trinajstić information content (AvgIpc) is 2.85. The zero-order valence-electron chi connectivity index (χ0n) is 17.1. The van der Waals surface area contributed by atoms with Crippen molar-refractivity contribution in [2.45, 2.75) is 80.1 Å². The Hall–Kier alpha value is -1.11. The number of hydrogen-bond donors (Lipinski definition) is 0. The van der Waals surface area contributed by atoms with Crippen LogP contribution in [0.25, 0.3) is 0 Å². The molecule has 1 fully saturated rings. The number of aliphatic imine (C=N–C) groups is 1. The first-order valence-corrected chi connectivity index (χ1v) is 9.78. The first-order chi connectivity index (χ1) is 11.1. The molecule has 1 heteroatoms. The highest BCUT2D eigenvalue weighted by atomic mass is 14.7. The zero-order valence-corrected chi connectivity index (χ0v) is 17.1. The van der Waals surface area contributed by atoms with E-state index < -0.39 is 0 Å². The number of para-hydroxylation sites is 1. The summed E-state index contributed by atoms with van der Waals surface area (Å²) in [4.78, 5) is 5.07. The van der Waals surface area contributed by atoms with Crippen LogP contribution in [0.2, 0.25) is 0 Å². The van der Waals surface area contributed by atoms with Crippen LogP contribution in [0.15, 0.2) is 23.2 Å². The molecule has 1 saturated carbocycles. The molecule has 134 valence electrons. The Morgan fingerprint density at radius 2 is 1.54 bits per heavy atom. The summed E-state index contributed by atoms with van der Waals surface area (Å²) in [6.45, 7) is 18.6. The Morgan fingerprint density at radius 3 is 1.96 bits per heavy atom. The molecule has 0 aliphatic heterocycles. The fourth-order valence-electron chi connectivity index (χ4n) is 4.03. The van der Waals surface area contributed by atoms with Crippen molar-refractivity contribution in [1.29, 1.82) is 0 Å². The average molecular weight is 328 g/mol. The van der Waals surface area contributed by atoms with Crippen molar-refractivity contribution in [2.75, 3.05) is 0 Å². The lowest BCUT2D eigenvalue weighted by molar-refractivity contribution is 0.239. The number of nitrogens with zero attached hydrogens (tertiary/aromatic N) is 1. The van der Waals surface area contributed by atoms with Gasteiger partial charge in [0.2, 0.25) is 0 Å². The summed E-state index contributed by atoms with van der Waals surface area (Å²) in [6.07, 6.45) is 4.90. The van der Waals surface area contributed by atoms with Crippen LogP contribution >= 0.6 is 0 Å². The van der Waals surface area contributed by atoms with Crippen LogP contribution in [-0.4, -0.2) is 6.21 Å². The first kappa shape index (κ1) is 19.2. The van der Waals surface area contributed by atoms with Gasteiger partial charge in [0, 0.05) is 6.21 Å². The van der Waals surface area contributed by atoms with Crippen molar-refractivity contribution < 1.29 is 0 Å². The third-order valence-electron chi connectivity index (χ3n) is 5.91. The maximum atomic E-state index is 5.07. The molecule has 0 saturated heterocycles. The smallest absolute Gasteiger partial charge is 0.0694 e. The fourth-order valence-corrected chi connectivity index (χ4v) is 4.03. The second-order valence-corrected chi connectivity index (χ2v) is 9.55. The maximum Gasteiger partial charge on any atom is 0.0694 e. The summed E-state index contributed by atoms with van der Waals surface area (Å²) >= 11 is 0. The highest BCUT2D eigenvalue weighted by Crippen LogP contribution is 2.45. The van der Waals surface area contributed by atoms with Gasteiger partial charge in [0.1, 0.15) is 0 Å². The molecule has 2 rings (SSSR count). The molecule has 0 spiro atoms. The highest BCUT2D eigenvalue weighted by molar-refractivity contribution is 5.70. The van der Waals surface area contributed by atoms with Gasteiger partial charge in [-0.25, -0.2) is 0 Å². The van der Waals surface area contributed by atoms with E-state index in [1.807, 2.05) is 0 Å². The molecule has 0 heterocycles. The van der Waals surface area contributed by atoms with E-state index >= 15 is 0 Å². The minimum absolute atomic E-state index is 0.412. The molecule has 1 aromatic rings. The van der Waals surface area contributed by atoms with E-state index in [0.29, 0.717) is 23.2 Å². The lowest BCUT2D eigenvalue weighted by atomic mass is 9.79. The summed E-state index contributed by atoms with van der Waals surface area (Å²) in [5, 5.41) is 0. The molecule has 1 aromatic carbocycles. The predicted octanol–water partition coefficient (Wildman–Crippen LogP) is 7.34. The Labute approximate surface area is 150 Å². The second kappa shape index (κ2) is 7.42. The molecule has 0 aromatic heterocycles. The SMILES string of the molecule is CC(C)c1cccc(C(C)C)c1N=CC1CC(C(C)(C)C)CC1C. The number of hydrogen-bond acceptors (Lipinski definition) is 1. The van der Waals surface area contributed by atoms with Gasteiger partial charge < -0.3 is 0 Å². The van der Waals surface area contributed by atoms with Gasteiger partial charge in [-0.1, -0.05) is 73.6 Å². The third kappa shape index (κ3) is 4.29. The van der Waals surface area contributed by atoms with E-state index in [1.54, 1.807) is 0 Å². The largest absolute Gasteiger partial charge is 0.260 e. The Kier molecular flexibility index (Phi) is 5.94. The van der Waals surface area contributed by atoms with Crippen LogP contribution < -0.4 is 0 Å². The maximum absolute atomic E-state index is 5.07. The third-order valence-corrected chi connectivity index (χ3v) is 5.91. The van der Waals surface area contributed by atoms with Crippen molar-refractivity contribution >= 4 is 11.9 Å². The highest BCUT2D eigenvalue weighted by Gasteiger charge is 2.36. The first-order valence-electron chi connectivity index (χ1n) is 9.78. The molecule has 24 heavy (non-hydrogen) atoms. The molecular weight excluding hydrogens is 290 g/mol. The Bertz CT molecular complexity index is 548. The lowest BCUT2D eigenvalue weighted by Gasteiger charge is -2.26. The van der Waals surface area contributed by atoms with Crippen molar-refractivity contribution in [2.24, 2.45) is 28.2 Å². The fraction of sp³-hybridized carbons (Fsp3) is 0.696. The lowest BCUT2D eigenvalue weighted by Crippen LogP contribution is -2.17. The molecule has 1 nitrogen and oxygen atoms in total. The number of rotatable bonds is 4. The van der Waals surface area contributed by atoms with E-state index in [-0.39, 0.29) is 0 Å². The molecule has 1 aliphatic carbocycles. The Balaban J connectivity index is 2.29. The molecular formula is C23H37N. The van der Waals surface area contributed by atoms with E-state index in [4.69, 9.17) is 4.99 Å². The second-order valence-electron chi connectivity index (χ2n) is 9.55. The molecule has 0 radical (unpaired) electrons. The van der Waals surface area contributed by atoms with Gasteiger partial charge in [-0.05, 0) is 59.0 Å². The van der Waals surface area contributed by atoms with Gasteiger partial charge in [0.15, 0.2) is 0 Å². The normalized spacial score (nSPS) is 25.3. The quantitative estimate of drug-likeness (QED) is 0.513. The zero-order chi connectivity index (χ0) is 18.1. The summed E-state index contributed by atoms with van der Waals surface area (Å²) in [7, 11) is 0. The molecule has 0 N–H and O–H groups in total. The van der Waals surface area contributed by atoms with Crippen molar-refractivity contribution in [3.8, 4) is 0 Å². The van der Waals surface area contributed by atoms with Gasteiger partial charge in [0.05, 0.1) is 5.69 Å².